The Hall–Kier alpha value is -2.37. The molecule has 0 atom stereocenters. The van der Waals surface area contributed by atoms with Gasteiger partial charge in [-0.15, -0.1) is 0 Å². The second-order valence-electron chi connectivity index (χ2n) is 4.99. The van der Waals surface area contributed by atoms with Crippen LogP contribution < -0.4 is 5.73 Å². The second kappa shape index (κ2) is 4.63. The predicted octanol–water partition coefficient (Wildman–Crippen LogP) is 1.84. The molecule has 0 radical (unpaired) electrons. The van der Waals surface area contributed by atoms with E-state index in [2.05, 4.69) is 33.5 Å². The Morgan fingerprint density at radius 1 is 1.15 bits per heavy atom. The van der Waals surface area contributed by atoms with Crippen molar-refractivity contribution in [2.75, 3.05) is 5.73 Å². The average Bonchev–Trinajstić information content (AvgIpc) is 2.97. The van der Waals surface area contributed by atoms with Gasteiger partial charge in [-0.05, 0) is 32.4 Å². The van der Waals surface area contributed by atoms with Crippen molar-refractivity contribution in [2.45, 2.75) is 33.9 Å². The molecule has 3 rings (SSSR count). The molecule has 2 N–H and O–H groups in total. The molecule has 6 nitrogen and oxygen atoms in total. The number of nitrogens with two attached hydrogens (primary N) is 1. The first-order chi connectivity index (χ1) is 9.58. The van der Waals surface area contributed by atoms with Crippen molar-refractivity contribution in [3.8, 4) is 0 Å². The fraction of sp³-hybridized carbons (Fsp3) is 0.357. The molecule has 0 spiro atoms. The van der Waals surface area contributed by atoms with Crippen molar-refractivity contribution in [3.05, 3.63) is 35.5 Å². The Balaban J connectivity index is 2.07. The summed E-state index contributed by atoms with van der Waals surface area (Å²) in [6, 6.07) is 1.93. The first-order valence-corrected chi connectivity index (χ1v) is 6.65. The largest absolute Gasteiger partial charge is 0.383 e. The number of aromatic nitrogens is 5. The summed E-state index contributed by atoms with van der Waals surface area (Å²) < 4.78 is 4.11. The number of rotatable bonds is 3. The summed E-state index contributed by atoms with van der Waals surface area (Å²) in [5.41, 5.74) is 9.29. The molecule has 3 heterocycles. The lowest BCUT2D eigenvalue weighted by Gasteiger charge is -2.08. The van der Waals surface area contributed by atoms with E-state index in [0.29, 0.717) is 11.6 Å². The van der Waals surface area contributed by atoms with Gasteiger partial charge in [0, 0.05) is 24.6 Å². The fourth-order valence-corrected chi connectivity index (χ4v) is 2.59. The first kappa shape index (κ1) is 12.7. The number of hydrogen-bond donors (Lipinski definition) is 1. The number of nitrogen functional groups attached to an aromatic ring is 1. The normalized spacial score (nSPS) is 11.3. The quantitative estimate of drug-likeness (QED) is 0.788. The maximum absolute atomic E-state index is 6.05. The van der Waals surface area contributed by atoms with E-state index in [1.165, 1.54) is 5.69 Å². The summed E-state index contributed by atoms with van der Waals surface area (Å²) >= 11 is 0. The lowest BCUT2D eigenvalue weighted by atomic mass is 10.2. The van der Waals surface area contributed by atoms with Crippen LogP contribution in [0.2, 0.25) is 0 Å². The van der Waals surface area contributed by atoms with Crippen molar-refractivity contribution in [1.29, 1.82) is 0 Å². The Morgan fingerprint density at radius 3 is 2.65 bits per heavy atom. The van der Waals surface area contributed by atoms with Gasteiger partial charge in [-0.25, -0.2) is 9.97 Å². The van der Waals surface area contributed by atoms with Gasteiger partial charge in [-0.2, -0.15) is 5.10 Å². The third kappa shape index (κ3) is 1.93. The molecule has 0 unspecified atom stereocenters. The van der Waals surface area contributed by atoms with Crippen molar-refractivity contribution in [1.82, 2.24) is 24.3 Å². The molecule has 0 saturated heterocycles. The molecule has 0 aliphatic carbocycles. The third-order valence-corrected chi connectivity index (χ3v) is 3.72. The Labute approximate surface area is 117 Å². The minimum atomic E-state index is 0.561. The molecular weight excluding hydrogens is 252 g/mol. The van der Waals surface area contributed by atoms with Crippen LogP contribution >= 0.6 is 0 Å². The predicted molar refractivity (Wildman–Crippen MR) is 78.4 cm³/mol. The zero-order valence-electron chi connectivity index (χ0n) is 12.0. The molecule has 0 saturated carbocycles. The maximum atomic E-state index is 6.05. The van der Waals surface area contributed by atoms with E-state index in [-0.39, 0.29) is 0 Å². The lowest BCUT2D eigenvalue weighted by Crippen LogP contribution is -2.10. The van der Waals surface area contributed by atoms with Crippen molar-refractivity contribution in [2.24, 2.45) is 0 Å². The third-order valence-electron chi connectivity index (χ3n) is 3.72. The van der Waals surface area contributed by atoms with Crippen molar-refractivity contribution < 1.29 is 0 Å². The summed E-state index contributed by atoms with van der Waals surface area (Å²) in [4.78, 5) is 8.82. The highest BCUT2D eigenvalue weighted by Crippen LogP contribution is 2.27. The summed E-state index contributed by atoms with van der Waals surface area (Å²) in [5.74, 6) is 1.26. The van der Waals surface area contributed by atoms with E-state index in [0.717, 1.165) is 29.7 Å². The molecule has 0 aliphatic heterocycles. The lowest BCUT2D eigenvalue weighted by molar-refractivity contribution is 0.534. The summed E-state index contributed by atoms with van der Waals surface area (Å²) in [7, 11) is 0. The molecular formula is C14H18N6. The smallest absolute Gasteiger partial charge is 0.146 e. The highest BCUT2D eigenvalue weighted by Gasteiger charge is 2.15. The SMILES string of the molecule is Cc1nc(N)c2c(C)c(C)n(CCn3cccn3)c2n1. The first-order valence-electron chi connectivity index (χ1n) is 6.65. The molecule has 104 valence electrons. The van der Waals surface area contributed by atoms with Gasteiger partial charge in [0.05, 0.1) is 11.9 Å². The maximum Gasteiger partial charge on any atom is 0.146 e. The van der Waals surface area contributed by atoms with Crippen LogP contribution in [-0.2, 0) is 13.1 Å². The van der Waals surface area contributed by atoms with E-state index in [9.17, 15) is 0 Å². The molecule has 20 heavy (non-hydrogen) atoms. The number of hydrogen-bond acceptors (Lipinski definition) is 4. The molecule has 3 aromatic rings. The van der Waals surface area contributed by atoms with Gasteiger partial charge < -0.3 is 10.3 Å². The monoisotopic (exact) mass is 270 g/mol. The minimum absolute atomic E-state index is 0.561. The van der Waals surface area contributed by atoms with Crippen LogP contribution in [0.5, 0.6) is 0 Å². The zero-order chi connectivity index (χ0) is 14.3. The van der Waals surface area contributed by atoms with Gasteiger partial charge in [0.15, 0.2) is 0 Å². The molecule has 0 fully saturated rings. The van der Waals surface area contributed by atoms with E-state index < -0.39 is 0 Å². The molecule has 6 heteroatoms. The van der Waals surface area contributed by atoms with Crippen LogP contribution in [0.25, 0.3) is 11.0 Å². The highest BCUT2D eigenvalue weighted by atomic mass is 15.3. The number of fused-ring (bicyclic) bond motifs is 1. The second-order valence-corrected chi connectivity index (χ2v) is 4.99. The summed E-state index contributed by atoms with van der Waals surface area (Å²) in [6.07, 6.45) is 3.75. The number of nitrogens with zero attached hydrogens (tertiary/aromatic N) is 5. The van der Waals surface area contributed by atoms with E-state index in [1.54, 1.807) is 6.20 Å². The van der Waals surface area contributed by atoms with Crippen LogP contribution in [0.15, 0.2) is 18.5 Å². The van der Waals surface area contributed by atoms with Crippen LogP contribution in [0.4, 0.5) is 5.82 Å². The van der Waals surface area contributed by atoms with Gasteiger partial charge in [0.1, 0.15) is 17.3 Å². The van der Waals surface area contributed by atoms with Gasteiger partial charge in [0.2, 0.25) is 0 Å². The Bertz CT molecular complexity index is 754. The van der Waals surface area contributed by atoms with Crippen LogP contribution in [0, 0.1) is 20.8 Å². The molecule has 0 bridgehead atoms. The molecule has 0 aromatic carbocycles. The summed E-state index contributed by atoms with van der Waals surface area (Å²) in [5, 5.41) is 5.20. The van der Waals surface area contributed by atoms with Gasteiger partial charge >= 0.3 is 0 Å². The topological polar surface area (TPSA) is 74.5 Å². The fourth-order valence-electron chi connectivity index (χ4n) is 2.59. The summed E-state index contributed by atoms with van der Waals surface area (Å²) in [6.45, 7) is 7.64. The van der Waals surface area contributed by atoms with Gasteiger partial charge in [-0.1, -0.05) is 0 Å². The van der Waals surface area contributed by atoms with Gasteiger partial charge in [-0.3, -0.25) is 4.68 Å². The van der Waals surface area contributed by atoms with Crippen molar-refractivity contribution >= 4 is 16.9 Å². The standard InChI is InChI=1S/C14H18N6/c1-9-10(2)20(8-7-19-6-4-5-16-19)14-12(9)13(15)17-11(3)18-14/h4-6H,7-8H2,1-3H3,(H2,15,17,18). The van der Waals surface area contributed by atoms with Crippen molar-refractivity contribution in [3.63, 3.8) is 0 Å². The number of aryl methyl sites for hydroxylation is 4. The van der Waals surface area contributed by atoms with E-state index >= 15 is 0 Å². The highest BCUT2D eigenvalue weighted by molar-refractivity contribution is 5.91. The van der Waals surface area contributed by atoms with E-state index in [4.69, 9.17) is 5.73 Å². The van der Waals surface area contributed by atoms with Crippen LogP contribution in [-0.4, -0.2) is 24.3 Å². The Kier molecular flexibility index (Phi) is 2.93. The average molecular weight is 270 g/mol. The zero-order valence-corrected chi connectivity index (χ0v) is 12.0. The van der Waals surface area contributed by atoms with Crippen LogP contribution in [0.3, 0.4) is 0 Å². The molecule has 0 aliphatic rings. The van der Waals surface area contributed by atoms with E-state index in [1.807, 2.05) is 23.9 Å². The molecule has 3 aromatic heterocycles. The number of anilines is 1. The van der Waals surface area contributed by atoms with Gasteiger partial charge in [0.25, 0.3) is 0 Å². The Morgan fingerprint density at radius 2 is 1.95 bits per heavy atom. The minimum Gasteiger partial charge on any atom is -0.383 e. The molecule has 0 amide bonds. The van der Waals surface area contributed by atoms with Crippen LogP contribution in [0.1, 0.15) is 17.1 Å².